The highest BCUT2D eigenvalue weighted by atomic mass is 32.2. The van der Waals surface area contributed by atoms with Gasteiger partial charge in [-0.3, -0.25) is 0 Å². The molecule has 2 aromatic heterocycles. The highest BCUT2D eigenvalue weighted by molar-refractivity contribution is 8.00. The van der Waals surface area contributed by atoms with Crippen molar-refractivity contribution in [2.45, 2.75) is 4.90 Å². The normalized spacial score (nSPS) is 13.4. The van der Waals surface area contributed by atoms with E-state index < -0.39 is 0 Å². The molecule has 8 aromatic rings. The average molecular weight is 673 g/mol. The summed E-state index contributed by atoms with van der Waals surface area (Å²) in [5.41, 5.74) is 11.0. The lowest BCUT2D eigenvalue weighted by Gasteiger charge is -2.11. The van der Waals surface area contributed by atoms with Crippen LogP contribution in [0.4, 0.5) is 0 Å². The van der Waals surface area contributed by atoms with Gasteiger partial charge in [0.15, 0.2) is 17.5 Å². The third-order valence-electron chi connectivity index (χ3n) is 9.34. The van der Waals surface area contributed by atoms with Crippen molar-refractivity contribution < 1.29 is 0 Å². The molecule has 0 saturated heterocycles. The van der Waals surface area contributed by atoms with E-state index in [2.05, 4.69) is 120 Å². The van der Waals surface area contributed by atoms with E-state index in [0.29, 0.717) is 17.5 Å². The number of hydrogen-bond donors (Lipinski definition) is 0. The van der Waals surface area contributed by atoms with Crippen LogP contribution in [0.1, 0.15) is 11.1 Å². The fourth-order valence-electron chi connectivity index (χ4n) is 6.75. The van der Waals surface area contributed by atoms with E-state index in [1.807, 2.05) is 72.4 Å². The SMILES string of the molecule is C=C(/C=C\C=C1/CSc2ccccc21)c1ccc2c(c1)c1ccccc1n2-c1ccc(-c2nc(-c3ccccc3)nc(-c3ccccc3)n2)cc1. The number of nitrogens with zero attached hydrogens (tertiary/aromatic N) is 4. The lowest BCUT2D eigenvalue weighted by Crippen LogP contribution is -2.00. The van der Waals surface area contributed by atoms with Crippen LogP contribution in [-0.2, 0) is 0 Å². The minimum atomic E-state index is 0.638. The molecule has 0 bridgehead atoms. The Bertz CT molecular complexity index is 2580. The molecular formula is C46H32N4S. The second-order valence-electron chi connectivity index (χ2n) is 12.5. The Labute approximate surface area is 301 Å². The van der Waals surface area contributed by atoms with Crippen LogP contribution in [0, 0.1) is 0 Å². The topological polar surface area (TPSA) is 43.6 Å². The largest absolute Gasteiger partial charge is 0.309 e. The maximum absolute atomic E-state index is 4.92. The molecule has 0 fully saturated rings. The lowest BCUT2D eigenvalue weighted by molar-refractivity contribution is 1.07. The van der Waals surface area contributed by atoms with Gasteiger partial charge in [-0.2, -0.15) is 0 Å². The van der Waals surface area contributed by atoms with Crippen LogP contribution >= 0.6 is 11.8 Å². The molecule has 0 radical (unpaired) electrons. The molecule has 0 aliphatic carbocycles. The molecule has 3 heterocycles. The summed E-state index contributed by atoms with van der Waals surface area (Å²) in [5.74, 6) is 2.94. The maximum Gasteiger partial charge on any atom is 0.164 e. The molecule has 242 valence electrons. The van der Waals surface area contributed by atoms with Crippen molar-refractivity contribution in [3.63, 3.8) is 0 Å². The van der Waals surface area contributed by atoms with Crippen LogP contribution in [0.3, 0.4) is 0 Å². The highest BCUT2D eigenvalue weighted by Crippen LogP contribution is 2.39. The van der Waals surface area contributed by atoms with Crippen molar-refractivity contribution in [3.05, 3.63) is 188 Å². The van der Waals surface area contributed by atoms with E-state index >= 15 is 0 Å². The fourth-order valence-corrected chi connectivity index (χ4v) is 7.85. The zero-order chi connectivity index (χ0) is 34.1. The van der Waals surface area contributed by atoms with Gasteiger partial charge in [-0.05, 0) is 70.8 Å². The summed E-state index contributed by atoms with van der Waals surface area (Å²) in [6.07, 6.45) is 6.47. The zero-order valence-electron chi connectivity index (χ0n) is 27.8. The summed E-state index contributed by atoms with van der Waals surface area (Å²) in [6, 6.07) is 52.5. The summed E-state index contributed by atoms with van der Waals surface area (Å²) in [6.45, 7) is 4.43. The molecule has 6 aromatic carbocycles. The molecule has 0 N–H and O–H groups in total. The van der Waals surface area contributed by atoms with Crippen molar-refractivity contribution >= 4 is 44.7 Å². The first-order valence-electron chi connectivity index (χ1n) is 17.0. The van der Waals surface area contributed by atoms with Gasteiger partial charge >= 0.3 is 0 Å². The van der Waals surface area contributed by atoms with E-state index in [0.717, 1.165) is 50.3 Å². The molecule has 4 nitrogen and oxygen atoms in total. The number of rotatable bonds is 7. The number of fused-ring (bicyclic) bond motifs is 4. The second kappa shape index (κ2) is 13.2. The van der Waals surface area contributed by atoms with Crippen molar-refractivity contribution in [2.24, 2.45) is 0 Å². The maximum atomic E-state index is 4.92. The number of hydrogen-bond acceptors (Lipinski definition) is 4. The van der Waals surface area contributed by atoms with Crippen LogP contribution < -0.4 is 0 Å². The Morgan fingerprint density at radius 2 is 1.18 bits per heavy atom. The monoisotopic (exact) mass is 672 g/mol. The van der Waals surface area contributed by atoms with Gasteiger partial charge in [0.25, 0.3) is 0 Å². The van der Waals surface area contributed by atoms with Gasteiger partial charge in [0.1, 0.15) is 0 Å². The van der Waals surface area contributed by atoms with E-state index in [9.17, 15) is 0 Å². The summed E-state index contributed by atoms with van der Waals surface area (Å²) in [5, 5.41) is 2.40. The standard InChI is InChI=1S/C46H32N4S/c1-31(13-12-18-36-30-51-43-22-11-9-19-38(36)43)35-25-28-42-40(29-35)39-20-8-10-21-41(39)50(42)37-26-23-34(24-27-37)46-48-44(32-14-4-2-5-15-32)47-45(49-46)33-16-6-3-7-17-33/h2-29H,1,30H2/b13-12-,36-18+. The lowest BCUT2D eigenvalue weighted by atomic mass is 10.0. The number of allylic oxidation sites excluding steroid dienone is 4. The fraction of sp³-hybridized carbons (Fsp3) is 0.0217. The molecule has 51 heavy (non-hydrogen) atoms. The molecule has 0 atom stereocenters. The quantitative estimate of drug-likeness (QED) is 0.158. The number of benzene rings is 6. The van der Waals surface area contributed by atoms with Crippen molar-refractivity contribution in [2.75, 3.05) is 5.75 Å². The summed E-state index contributed by atoms with van der Waals surface area (Å²) in [7, 11) is 0. The number of aromatic nitrogens is 4. The Balaban J connectivity index is 1.06. The molecule has 9 rings (SSSR count). The number of para-hydroxylation sites is 1. The summed E-state index contributed by atoms with van der Waals surface area (Å²) >= 11 is 1.90. The van der Waals surface area contributed by atoms with Crippen LogP contribution in [0.25, 0.3) is 72.8 Å². The third-order valence-corrected chi connectivity index (χ3v) is 10.5. The predicted molar refractivity (Wildman–Crippen MR) is 214 cm³/mol. The van der Waals surface area contributed by atoms with Crippen molar-refractivity contribution in [3.8, 4) is 39.9 Å². The molecule has 0 amide bonds. The Morgan fingerprint density at radius 1 is 0.588 bits per heavy atom. The van der Waals surface area contributed by atoms with Gasteiger partial charge in [-0.1, -0.05) is 128 Å². The smallest absolute Gasteiger partial charge is 0.164 e. The molecule has 5 heteroatoms. The Kier molecular flexibility index (Phi) is 7.95. The highest BCUT2D eigenvalue weighted by Gasteiger charge is 2.17. The van der Waals surface area contributed by atoms with Gasteiger partial charge in [-0.15, -0.1) is 11.8 Å². The van der Waals surface area contributed by atoms with E-state index in [1.165, 1.54) is 26.8 Å². The van der Waals surface area contributed by atoms with Crippen LogP contribution in [0.5, 0.6) is 0 Å². The van der Waals surface area contributed by atoms with E-state index in [-0.39, 0.29) is 0 Å². The molecule has 0 spiro atoms. The third kappa shape index (κ3) is 5.88. The van der Waals surface area contributed by atoms with Crippen LogP contribution in [-0.4, -0.2) is 25.3 Å². The number of thioether (sulfide) groups is 1. The van der Waals surface area contributed by atoms with Gasteiger partial charge < -0.3 is 4.57 Å². The Morgan fingerprint density at radius 3 is 1.88 bits per heavy atom. The zero-order valence-corrected chi connectivity index (χ0v) is 28.6. The van der Waals surface area contributed by atoms with E-state index in [1.54, 1.807) is 0 Å². The van der Waals surface area contributed by atoms with Gasteiger partial charge in [0.2, 0.25) is 0 Å². The van der Waals surface area contributed by atoms with Crippen molar-refractivity contribution in [1.82, 2.24) is 19.5 Å². The molecule has 1 aliphatic heterocycles. The second-order valence-corrected chi connectivity index (χ2v) is 13.5. The van der Waals surface area contributed by atoms with Gasteiger partial charge in [-0.25, -0.2) is 15.0 Å². The molecule has 0 saturated carbocycles. The van der Waals surface area contributed by atoms with Crippen LogP contribution in [0.2, 0.25) is 0 Å². The summed E-state index contributed by atoms with van der Waals surface area (Å²) < 4.78 is 2.33. The van der Waals surface area contributed by atoms with Crippen LogP contribution in [0.15, 0.2) is 181 Å². The first-order valence-corrected chi connectivity index (χ1v) is 18.0. The minimum Gasteiger partial charge on any atom is -0.309 e. The molecular weight excluding hydrogens is 641 g/mol. The van der Waals surface area contributed by atoms with Crippen molar-refractivity contribution in [1.29, 1.82) is 0 Å². The first-order chi connectivity index (χ1) is 25.2. The Hall–Kier alpha value is -6.30. The minimum absolute atomic E-state index is 0.638. The van der Waals surface area contributed by atoms with Gasteiger partial charge in [0, 0.05) is 43.8 Å². The predicted octanol–water partition coefficient (Wildman–Crippen LogP) is 11.7. The van der Waals surface area contributed by atoms with Gasteiger partial charge in [0.05, 0.1) is 11.0 Å². The van der Waals surface area contributed by atoms with E-state index in [4.69, 9.17) is 15.0 Å². The first kappa shape index (κ1) is 30.7. The molecule has 1 aliphatic rings. The molecule has 0 unspecified atom stereocenters. The summed E-state index contributed by atoms with van der Waals surface area (Å²) in [4.78, 5) is 16.0. The average Bonchev–Trinajstić information content (AvgIpc) is 3.77.